The molecule has 0 radical (unpaired) electrons. The standard InChI is InChI=1S/C10H15NO/c1-7-5-4-6-9(8(2)11)10(7)12-3/h4-6,8H,11H2,1-3H3/t8-/m1/s1. The zero-order valence-corrected chi connectivity index (χ0v) is 7.79. The summed E-state index contributed by atoms with van der Waals surface area (Å²) in [6.45, 7) is 3.97. The predicted octanol–water partition coefficient (Wildman–Crippen LogP) is 2.02. The Morgan fingerprint density at radius 3 is 2.50 bits per heavy atom. The van der Waals surface area contributed by atoms with E-state index in [9.17, 15) is 0 Å². The number of para-hydroxylation sites is 1. The van der Waals surface area contributed by atoms with E-state index in [1.54, 1.807) is 7.11 Å². The first-order valence-electron chi connectivity index (χ1n) is 4.06. The first kappa shape index (κ1) is 9.07. The Morgan fingerprint density at radius 1 is 1.42 bits per heavy atom. The second kappa shape index (κ2) is 3.59. The minimum atomic E-state index is 0.0276. The van der Waals surface area contributed by atoms with Crippen LogP contribution in [0.15, 0.2) is 18.2 Å². The van der Waals surface area contributed by atoms with Crippen molar-refractivity contribution in [2.45, 2.75) is 19.9 Å². The third-order valence-electron chi connectivity index (χ3n) is 1.94. The van der Waals surface area contributed by atoms with Gasteiger partial charge in [0.1, 0.15) is 5.75 Å². The highest BCUT2D eigenvalue weighted by molar-refractivity contribution is 5.42. The van der Waals surface area contributed by atoms with Gasteiger partial charge >= 0.3 is 0 Å². The van der Waals surface area contributed by atoms with Gasteiger partial charge in [0.15, 0.2) is 0 Å². The molecule has 0 saturated carbocycles. The van der Waals surface area contributed by atoms with Gasteiger partial charge in [-0.25, -0.2) is 0 Å². The van der Waals surface area contributed by atoms with Crippen molar-refractivity contribution in [1.82, 2.24) is 0 Å². The van der Waals surface area contributed by atoms with Crippen LogP contribution < -0.4 is 10.5 Å². The molecule has 0 bridgehead atoms. The molecule has 0 aliphatic rings. The summed E-state index contributed by atoms with van der Waals surface area (Å²) >= 11 is 0. The fourth-order valence-electron chi connectivity index (χ4n) is 1.31. The molecule has 0 heterocycles. The van der Waals surface area contributed by atoms with Crippen molar-refractivity contribution in [3.8, 4) is 5.75 Å². The zero-order valence-electron chi connectivity index (χ0n) is 7.79. The van der Waals surface area contributed by atoms with Crippen LogP contribution in [0.1, 0.15) is 24.1 Å². The molecule has 2 heteroatoms. The molecule has 2 nitrogen and oxygen atoms in total. The van der Waals surface area contributed by atoms with E-state index in [0.717, 1.165) is 16.9 Å². The number of ether oxygens (including phenoxy) is 1. The first-order valence-corrected chi connectivity index (χ1v) is 4.06. The van der Waals surface area contributed by atoms with Crippen molar-refractivity contribution in [1.29, 1.82) is 0 Å². The van der Waals surface area contributed by atoms with Gasteiger partial charge in [0.05, 0.1) is 7.11 Å². The maximum absolute atomic E-state index is 5.78. The third-order valence-corrected chi connectivity index (χ3v) is 1.94. The van der Waals surface area contributed by atoms with Crippen LogP contribution in [-0.4, -0.2) is 7.11 Å². The Kier molecular flexibility index (Phi) is 2.71. The van der Waals surface area contributed by atoms with Gasteiger partial charge in [-0.2, -0.15) is 0 Å². The minimum absolute atomic E-state index is 0.0276. The highest BCUT2D eigenvalue weighted by Gasteiger charge is 2.08. The van der Waals surface area contributed by atoms with Crippen LogP contribution in [0.25, 0.3) is 0 Å². The number of benzene rings is 1. The van der Waals surface area contributed by atoms with Gasteiger partial charge in [-0.3, -0.25) is 0 Å². The molecule has 0 aromatic heterocycles. The van der Waals surface area contributed by atoms with Gasteiger partial charge < -0.3 is 10.5 Å². The number of hydrogen-bond donors (Lipinski definition) is 1. The number of rotatable bonds is 2. The Morgan fingerprint density at radius 2 is 2.08 bits per heavy atom. The summed E-state index contributed by atoms with van der Waals surface area (Å²) in [5.74, 6) is 0.910. The topological polar surface area (TPSA) is 35.2 Å². The number of methoxy groups -OCH3 is 1. The fourth-order valence-corrected chi connectivity index (χ4v) is 1.31. The maximum Gasteiger partial charge on any atom is 0.126 e. The lowest BCUT2D eigenvalue weighted by atomic mass is 10.0. The number of aryl methyl sites for hydroxylation is 1. The number of nitrogens with two attached hydrogens (primary N) is 1. The second-order valence-corrected chi connectivity index (χ2v) is 2.99. The van der Waals surface area contributed by atoms with Crippen LogP contribution in [0.3, 0.4) is 0 Å². The van der Waals surface area contributed by atoms with E-state index in [1.165, 1.54) is 0 Å². The van der Waals surface area contributed by atoms with Gasteiger partial charge in [0.25, 0.3) is 0 Å². The van der Waals surface area contributed by atoms with E-state index >= 15 is 0 Å². The van der Waals surface area contributed by atoms with Gasteiger partial charge in [-0.1, -0.05) is 18.2 Å². The molecule has 0 saturated heterocycles. The smallest absolute Gasteiger partial charge is 0.126 e. The molecule has 66 valence electrons. The molecule has 0 unspecified atom stereocenters. The summed E-state index contributed by atoms with van der Waals surface area (Å²) in [4.78, 5) is 0. The average molecular weight is 165 g/mol. The average Bonchev–Trinajstić information content (AvgIpc) is 2.03. The van der Waals surface area contributed by atoms with E-state index in [-0.39, 0.29) is 6.04 Å². The van der Waals surface area contributed by atoms with Crippen molar-refractivity contribution in [3.05, 3.63) is 29.3 Å². The molecular weight excluding hydrogens is 150 g/mol. The second-order valence-electron chi connectivity index (χ2n) is 2.99. The lowest BCUT2D eigenvalue weighted by Gasteiger charge is -2.13. The predicted molar refractivity (Wildman–Crippen MR) is 50.3 cm³/mol. The van der Waals surface area contributed by atoms with E-state index in [1.807, 2.05) is 32.0 Å². The quantitative estimate of drug-likeness (QED) is 0.727. The Bertz CT molecular complexity index is 269. The summed E-state index contributed by atoms with van der Waals surface area (Å²) in [7, 11) is 1.67. The Balaban J connectivity index is 3.18. The normalized spacial score (nSPS) is 12.7. The van der Waals surface area contributed by atoms with Crippen LogP contribution in [-0.2, 0) is 0 Å². The van der Waals surface area contributed by atoms with Crippen LogP contribution in [0.5, 0.6) is 5.75 Å². The highest BCUT2D eigenvalue weighted by atomic mass is 16.5. The molecule has 2 N–H and O–H groups in total. The van der Waals surface area contributed by atoms with Gasteiger partial charge in [0.2, 0.25) is 0 Å². The SMILES string of the molecule is COc1c(C)cccc1[C@@H](C)N. The lowest BCUT2D eigenvalue weighted by molar-refractivity contribution is 0.404. The summed E-state index contributed by atoms with van der Waals surface area (Å²) in [5, 5.41) is 0. The van der Waals surface area contributed by atoms with Crippen molar-refractivity contribution in [3.63, 3.8) is 0 Å². The van der Waals surface area contributed by atoms with Crippen molar-refractivity contribution < 1.29 is 4.74 Å². The largest absolute Gasteiger partial charge is 0.496 e. The van der Waals surface area contributed by atoms with Crippen molar-refractivity contribution >= 4 is 0 Å². The summed E-state index contributed by atoms with van der Waals surface area (Å²) in [5.41, 5.74) is 7.98. The molecule has 0 fully saturated rings. The van der Waals surface area contributed by atoms with Crippen LogP contribution >= 0.6 is 0 Å². The Labute approximate surface area is 73.3 Å². The Hall–Kier alpha value is -1.02. The molecule has 0 aliphatic carbocycles. The summed E-state index contributed by atoms with van der Waals surface area (Å²) in [6.07, 6.45) is 0. The molecule has 1 atom stereocenters. The van der Waals surface area contributed by atoms with Gasteiger partial charge in [-0.15, -0.1) is 0 Å². The minimum Gasteiger partial charge on any atom is -0.496 e. The molecule has 0 spiro atoms. The molecule has 0 amide bonds. The number of hydrogen-bond acceptors (Lipinski definition) is 2. The molecule has 1 rings (SSSR count). The maximum atomic E-state index is 5.78. The van der Waals surface area contributed by atoms with Crippen molar-refractivity contribution in [2.75, 3.05) is 7.11 Å². The lowest BCUT2D eigenvalue weighted by Crippen LogP contribution is -2.07. The van der Waals surface area contributed by atoms with E-state index in [4.69, 9.17) is 10.5 Å². The zero-order chi connectivity index (χ0) is 9.14. The fraction of sp³-hybridized carbons (Fsp3) is 0.400. The van der Waals surface area contributed by atoms with Gasteiger partial charge in [0, 0.05) is 11.6 Å². The van der Waals surface area contributed by atoms with E-state index in [0.29, 0.717) is 0 Å². The molecule has 1 aromatic rings. The van der Waals surface area contributed by atoms with E-state index in [2.05, 4.69) is 0 Å². The molecule has 12 heavy (non-hydrogen) atoms. The van der Waals surface area contributed by atoms with Gasteiger partial charge in [-0.05, 0) is 19.4 Å². The summed E-state index contributed by atoms with van der Waals surface area (Å²) < 4.78 is 5.26. The third kappa shape index (κ3) is 1.59. The molecule has 0 aliphatic heterocycles. The van der Waals surface area contributed by atoms with Crippen LogP contribution in [0, 0.1) is 6.92 Å². The van der Waals surface area contributed by atoms with E-state index < -0.39 is 0 Å². The van der Waals surface area contributed by atoms with Crippen LogP contribution in [0.4, 0.5) is 0 Å². The van der Waals surface area contributed by atoms with Crippen molar-refractivity contribution in [2.24, 2.45) is 5.73 Å². The highest BCUT2D eigenvalue weighted by Crippen LogP contribution is 2.26. The first-order chi connectivity index (χ1) is 5.66. The summed E-state index contributed by atoms with van der Waals surface area (Å²) in [6, 6.07) is 6.04. The molecular formula is C10H15NO. The monoisotopic (exact) mass is 165 g/mol. The molecule has 1 aromatic carbocycles. The van der Waals surface area contributed by atoms with Crippen LogP contribution in [0.2, 0.25) is 0 Å².